The average Bonchev–Trinajstić information content (AvgIpc) is 2.91. The van der Waals surface area contributed by atoms with Crippen LogP contribution in [0, 0.1) is 0 Å². The number of hydrogen-bond donors (Lipinski definition) is 0. The van der Waals surface area contributed by atoms with Gasteiger partial charge in [0.15, 0.2) is 0 Å². The molecule has 0 aromatic carbocycles. The third-order valence-corrected chi connectivity index (χ3v) is 9.16. The van der Waals surface area contributed by atoms with Crippen LogP contribution in [-0.4, -0.2) is 134 Å². The van der Waals surface area contributed by atoms with Gasteiger partial charge in [-0.25, -0.2) is 0 Å². The van der Waals surface area contributed by atoms with Crippen LogP contribution in [0.25, 0.3) is 0 Å². The Labute approximate surface area is 236 Å². The van der Waals surface area contributed by atoms with Crippen LogP contribution in [0.5, 0.6) is 0 Å². The first kappa shape index (κ1) is 46.7. The van der Waals surface area contributed by atoms with E-state index in [2.05, 4.69) is 111 Å². The summed E-state index contributed by atoms with van der Waals surface area (Å²) in [5.41, 5.74) is 0. The van der Waals surface area contributed by atoms with Crippen LogP contribution in [0.2, 0.25) is 0 Å². The zero-order valence-electron chi connectivity index (χ0n) is 28.4. The SMILES string of the molecule is CC[N+](C)(CC)CC.CC[N+](C)(CC)CC.CC[N+](C)(CC)CC.CC[N+](C)(CC)CC.[O-][Si]([O-])([O-])[O-]. The monoisotopic (exact) mass is 557 g/mol. The summed E-state index contributed by atoms with van der Waals surface area (Å²) in [6.45, 7) is 42.0. The van der Waals surface area contributed by atoms with E-state index in [4.69, 9.17) is 19.2 Å². The molecule has 0 aromatic heterocycles. The first-order valence-corrected chi connectivity index (χ1v) is 16.5. The molecule has 0 radical (unpaired) electrons. The standard InChI is InChI=1S/4C7H18N.O4Si/c4*1-5-8(4,6-2)7-3;1-5(2,3)4/h4*5-7H2,1-4H3;/q4*+1;-4. The highest BCUT2D eigenvalue weighted by atomic mass is 28.4. The minimum Gasteiger partial charge on any atom is -0.894 e. The highest BCUT2D eigenvalue weighted by Gasteiger charge is 2.12. The van der Waals surface area contributed by atoms with Crippen LogP contribution in [-0.2, 0) is 0 Å². The summed E-state index contributed by atoms with van der Waals surface area (Å²) in [6.07, 6.45) is 0. The topological polar surface area (TPSA) is 92.2 Å². The van der Waals surface area contributed by atoms with Crippen LogP contribution in [0.3, 0.4) is 0 Å². The van der Waals surface area contributed by atoms with Gasteiger partial charge in [0.1, 0.15) is 0 Å². The molecule has 0 heterocycles. The van der Waals surface area contributed by atoms with Gasteiger partial charge in [-0.15, -0.1) is 0 Å². The third-order valence-electron chi connectivity index (χ3n) is 9.16. The van der Waals surface area contributed by atoms with Crippen molar-refractivity contribution in [3.8, 4) is 0 Å². The minimum atomic E-state index is -5.61. The zero-order chi connectivity index (χ0) is 31.0. The van der Waals surface area contributed by atoms with Crippen LogP contribution in [0.4, 0.5) is 0 Å². The Balaban J connectivity index is -0.000000116. The number of hydrogen-bond acceptors (Lipinski definition) is 4. The maximum Gasteiger partial charge on any atom is 0.0755 e. The molecule has 0 aromatic rings. The Morgan fingerprint density at radius 1 is 0.297 bits per heavy atom. The summed E-state index contributed by atoms with van der Waals surface area (Å²) in [5, 5.41) is 0. The van der Waals surface area contributed by atoms with E-state index in [9.17, 15) is 0 Å². The maximum atomic E-state index is 8.58. The Morgan fingerprint density at radius 2 is 0.351 bits per heavy atom. The zero-order valence-corrected chi connectivity index (χ0v) is 29.4. The van der Waals surface area contributed by atoms with E-state index in [0.29, 0.717) is 0 Å². The molecule has 0 bridgehead atoms. The first-order chi connectivity index (χ1) is 16.7. The molecule has 0 saturated carbocycles. The molecule has 0 saturated heterocycles. The second-order valence-corrected chi connectivity index (χ2v) is 11.8. The molecule has 0 spiro atoms. The Kier molecular flexibility index (Phi) is 31.5. The largest absolute Gasteiger partial charge is 0.894 e. The van der Waals surface area contributed by atoms with Crippen LogP contribution in [0.15, 0.2) is 0 Å². The molecular weight excluding hydrogens is 484 g/mol. The van der Waals surface area contributed by atoms with Crippen molar-refractivity contribution >= 4 is 9.05 Å². The molecule has 0 atom stereocenters. The molecule has 37 heavy (non-hydrogen) atoms. The fourth-order valence-electron chi connectivity index (χ4n) is 2.68. The second kappa shape index (κ2) is 24.9. The molecule has 0 rings (SSSR count). The van der Waals surface area contributed by atoms with Gasteiger partial charge in [0, 0.05) is 0 Å². The molecule has 0 aliphatic rings. The third kappa shape index (κ3) is 32.0. The molecular formula is C28H72N4O4Si. The van der Waals surface area contributed by atoms with E-state index in [1.165, 1.54) is 96.5 Å². The summed E-state index contributed by atoms with van der Waals surface area (Å²) in [7, 11) is 3.56. The lowest BCUT2D eigenvalue weighted by Crippen LogP contribution is -2.82. The summed E-state index contributed by atoms with van der Waals surface area (Å²) < 4.78 is 4.83. The van der Waals surface area contributed by atoms with Crippen LogP contribution < -0.4 is 19.2 Å². The van der Waals surface area contributed by atoms with Gasteiger partial charge in [0.25, 0.3) is 0 Å². The van der Waals surface area contributed by atoms with Gasteiger partial charge in [-0.3, -0.25) is 0 Å². The fourth-order valence-corrected chi connectivity index (χ4v) is 2.68. The molecule has 0 unspecified atom stereocenters. The lowest BCUT2D eigenvalue weighted by atomic mass is 10.4. The van der Waals surface area contributed by atoms with Crippen molar-refractivity contribution in [2.24, 2.45) is 0 Å². The molecule has 0 aliphatic carbocycles. The molecule has 0 aliphatic heterocycles. The Bertz CT molecular complexity index is 351. The van der Waals surface area contributed by atoms with Crippen molar-refractivity contribution in [2.45, 2.75) is 83.1 Å². The van der Waals surface area contributed by atoms with Gasteiger partial charge >= 0.3 is 0 Å². The van der Waals surface area contributed by atoms with Crippen molar-refractivity contribution in [3.63, 3.8) is 0 Å². The Morgan fingerprint density at radius 3 is 0.351 bits per heavy atom. The highest BCUT2D eigenvalue weighted by molar-refractivity contribution is 6.38. The summed E-state index contributed by atoms with van der Waals surface area (Å²) in [4.78, 5) is 34.3. The van der Waals surface area contributed by atoms with E-state index >= 15 is 0 Å². The second-order valence-electron chi connectivity index (χ2n) is 10.8. The molecule has 8 nitrogen and oxygen atoms in total. The smallest absolute Gasteiger partial charge is 0.0755 e. The number of quaternary nitrogens is 4. The van der Waals surface area contributed by atoms with Crippen LogP contribution >= 0.6 is 0 Å². The van der Waals surface area contributed by atoms with Gasteiger partial charge in [-0.05, 0) is 83.1 Å². The van der Waals surface area contributed by atoms with E-state index in [0.717, 1.165) is 0 Å². The normalized spacial score (nSPS) is 12.0. The Hall–Kier alpha value is -0.103. The predicted octanol–water partition coefficient (Wildman–Crippen LogP) is 0.834. The van der Waals surface area contributed by atoms with Gasteiger partial charge in [-0.1, -0.05) is 0 Å². The quantitative estimate of drug-likeness (QED) is 0.263. The molecule has 9 heteroatoms. The van der Waals surface area contributed by atoms with E-state index < -0.39 is 9.05 Å². The minimum absolute atomic E-state index is 1.21. The first-order valence-electron chi connectivity index (χ1n) is 14.9. The lowest BCUT2D eigenvalue weighted by Gasteiger charge is -2.67. The van der Waals surface area contributed by atoms with Crippen molar-refractivity contribution in [2.75, 3.05) is 107 Å². The maximum absolute atomic E-state index is 8.58. The molecule has 0 N–H and O–H groups in total. The number of rotatable bonds is 12. The molecule has 0 fully saturated rings. The van der Waals surface area contributed by atoms with Gasteiger partial charge in [0.2, 0.25) is 0 Å². The van der Waals surface area contributed by atoms with Crippen molar-refractivity contribution in [3.05, 3.63) is 0 Å². The summed E-state index contributed by atoms with van der Waals surface area (Å²) in [5.74, 6) is 0. The van der Waals surface area contributed by atoms with Gasteiger partial charge < -0.3 is 46.2 Å². The summed E-state index contributed by atoms with van der Waals surface area (Å²) in [6, 6.07) is 0. The fraction of sp³-hybridized carbons (Fsp3) is 1.00. The molecule has 232 valence electrons. The van der Waals surface area contributed by atoms with Crippen molar-refractivity contribution in [1.82, 2.24) is 0 Å². The van der Waals surface area contributed by atoms with Crippen LogP contribution in [0.1, 0.15) is 83.1 Å². The number of nitrogens with zero attached hydrogens (tertiary/aromatic N) is 4. The average molecular weight is 557 g/mol. The van der Waals surface area contributed by atoms with E-state index in [1.54, 1.807) is 0 Å². The van der Waals surface area contributed by atoms with E-state index in [-0.39, 0.29) is 0 Å². The predicted molar refractivity (Wildman–Crippen MR) is 157 cm³/mol. The molecule has 0 amide bonds. The van der Waals surface area contributed by atoms with Gasteiger partial charge in [0.05, 0.1) is 107 Å². The van der Waals surface area contributed by atoms with Gasteiger partial charge in [-0.2, -0.15) is 0 Å². The summed E-state index contributed by atoms with van der Waals surface area (Å²) >= 11 is 0. The van der Waals surface area contributed by atoms with Crippen molar-refractivity contribution < 1.29 is 37.1 Å². The highest BCUT2D eigenvalue weighted by Crippen LogP contribution is 1.99. The lowest BCUT2D eigenvalue weighted by molar-refractivity contribution is -0.904. The van der Waals surface area contributed by atoms with E-state index in [1.807, 2.05) is 0 Å². The van der Waals surface area contributed by atoms with Crippen molar-refractivity contribution in [1.29, 1.82) is 0 Å².